The lowest BCUT2D eigenvalue weighted by atomic mass is 10.1. The maximum Gasteiger partial charge on any atom is 0.319 e. The van der Waals surface area contributed by atoms with Crippen LogP contribution in [-0.4, -0.2) is 18.2 Å². The summed E-state index contributed by atoms with van der Waals surface area (Å²) in [6, 6.07) is 12.6. The standard InChI is InChI=1S/C17H17N3O3/c1-11(15-9-14(23-2)6-7-16(15)21)19-17(22)20-13-5-3-4-12(8-13)10-18/h3-9,11,21H,1-2H3,(H2,19,20,22). The molecule has 23 heavy (non-hydrogen) atoms. The molecule has 0 heterocycles. The Kier molecular flexibility index (Phi) is 5.05. The molecule has 1 atom stereocenters. The zero-order valence-electron chi connectivity index (χ0n) is 12.8. The molecule has 0 spiro atoms. The van der Waals surface area contributed by atoms with Crippen LogP contribution in [0.2, 0.25) is 0 Å². The molecule has 1 unspecified atom stereocenters. The van der Waals surface area contributed by atoms with Gasteiger partial charge in [-0.15, -0.1) is 0 Å². The molecule has 2 rings (SSSR count). The van der Waals surface area contributed by atoms with Crippen LogP contribution in [0.4, 0.5) is 10.5 Å². The van der Waals surface area contributed by atoms with Gasteiger partial charge in [0.2, 0.25) is 0 Å². The summed E-state index contributed by atoms with van der Waals surface area (Å²) < 4.78 is 5.12. The first-order valence-electron chi connectivity index (χ1n) is 6.98. The minimum atomic E-state index is -0.435. The van der Waals surface area contributed by atoms with E-state index in [0.29, 0.717) is 22.6 Å². The summed E-state index contributed by atoms with van der Waals surface area (Å²) in [6.45, 7) is 1.75. The Hall–Kier alpha value is -3.20. The van der Waals surface area contributed by atoms with Crippen LogP contribution in [0.5, 0.6) is 11.5 Å². The summed E-state index contributed by atoms with van der Waals surface area (Å²) in [5.41, 5.74) is 1.52. The first kappa shape index (κ1) is 16.2. The number of nitriles is 1. The van der Waals surface area contributed by atoms with E-state index in [4.69, 9.17) is 10.00 Å². The van der Waals surface area contributed by atoms with Crippen molar-refractivity contribution < 1.29 is 14.6 Å². The molecule has 0 radical (unpaired) electrons. The summed E-state index contributed by atoms with van der Waals surface area (Å²) in [7, 11) is 1.53. The van der Waals surface area contributed by atoms with E-state index in [2.05, 4.69) is 10.6 Å². The van der Waals surface area contributed by atoms with Gasteiger partial charge < -0.3 is 20.5 Å². The molecule has 0 saturated carbocycles. The molecule has 0 aliphatic rings. The van der Waals surface area contributed by atoms with E-state index >= 15 is 0 Å². The lowest BCUT2D eigenvalue weighted by molar-refractivity contribution is 0.249. The molecule has 3 N–H and O–H groups in total. The maximum atomic E-state index is 12.0. The molecule has 0 fully saturated rings. The smallest absolute Gasteiger partial charge is 0.319 e. The van der Waals surface area contributed by atoms with Gasteiger partial charge in [0.05, 0.1) is 24.8 Å². The number of benzene rings is 2. The van der Waals surface area contributed by atoms with Gasteiger partial charge >= 0.3 is 6.03 Å². The topological polar surface area (TPSA) is 94.4 Å². The van der Waals surface area contributed by atoms with Crippen molar-refractivity contribution >= 4 is 11.7 Å². The van der Waals surface area contributed by atoms with Gasteiger partial charge in [-0.25, -0.2) is 4.79 Å². The Bertz CT molecular complexity index is 753. The molecule has 0 aromatic heterocycles. The van der Waals surface area contributed by atoms with Gasteiger partial charge in [0, 0.05) is 11.3 Å². The van der Waals surface area contributed by atoms with Crippen LogP contribution in [-0.2, 0) is 0 Å². The molecule has 2 aromatic carbocycles. The minimum absolute atomic E-state index is 0.0741. The van der Waals surface area contributed by atoms with Crippen molar-refractivity contribution in [3.8, 4) is 17.6 Å². The monoisotopic (exact) mass is 311 g/mol. The molecule has 6 nitrogen and oxygen atoms in total. The Morgan fingerprint density at radius 1 is 1.30 bits per heavy atom. The molecule has 0 aliphatic heterocycles. The number of hydrogen-bond acceptors (Lipinski definition) is 4. The number of phenolic OH excluding ortho intramolecular Hbond substituents is 1. The SMILES string of the molecule is COc1ccc(O)c(C(C)NC(=O)Nc2cccc(C#N)c2)c1. The van der Waals surface area contributed by atoms with Crippen LogP contribution in [0.1, 0.15) is 24.1 Å². The number of nitrogens with one attached hydrogen (secondary N) is 2. The van der Waals surface area contributed by atoms with E-state index < -0.39 is 12.1 Å². The number of ether oxygens (including phenoxy) is 1. The third kappa shape index (κ3) is 4.14. The van der Waals surface area contributed by atoms with Crippen molar-refractivity contribution in [1.29, 1.82) is 5.26 Å². The Balaban J connectivity index is 2.06. The molecule has 2 amide bonds. The normalized spacial score (nSPS) is 11.2. The van der Waals surface area contributed by atoms with E-state index in [1.54, 1.807) is 43.3 Å². The summed E-state index contributed by atoms with van der Waals surface area (Å²) >= 11 is 0. The number of anilines is 1. The number of aromatic hydroxyl groups is 1. The van der Waals surface area contributed by atoms with Gasteiger partial charge in [0.1, 0.15) is 11.5 Å². The number of nitrogens with zero attached hydrogens (tertiary/aromatic N) is 1. The van der Waals surface area contributed by atoms with Crippen molar-refractivity contribution in [1.82, 2.24) is 5.32 Å². The van der Waals surface area contributed by atoms with E-state index in [1.807, 2.05) is 6.07 Å². The van der Waals surface area contributed by atoms with Gasteiger partial charge in [-0.05, 0) is 43.3 Å². The average molecular weight is 311 g/mol. The highest BCUT2D eigenvalue weighted by Gasteiger charge is 2.14. The minimum Gasteiger partial charge on any atom is -0.508 e. The first-order valence-corrected chi connectivity index (χ1v) is 6.98. The summed E-state index contributed by atoms with van der Waals surface area (Å²) in [4.78, 5) is 12.0. The van der Waals surface area contributed by atoms with Crippen molar-refractivity contribution in [2.24, 2.45) is 0 Å². The van der Waals surface area contributed by atoms with Gasteiger partial charge in [-0.3, -0.25) is 0 Å². The van der Waals surface area contributed by atoms with Crippen molar-refractivity contribution in [2.45, 2.75) is 13.0 Å². The highest BCUT2D eigenvalue weighted by molar-refractivity contribution is 5.89. The Labute approximate surface area is 134 Å². The average Bonchev–Trinajstić information content (AvgIpc) is 2.55. The Morgan fingerprint density at radius 3 is 2.78 bits per heavy atom. The van der Waals surface area contributed by atoms with E-state index in [-0.39, 0.29) is 5.75 Å². The number of urea groups is 1. The Morgan fingerprint density at radius 2 is 2.09 bits per heavy atom. The van der Waals surface area contributed by atoms with Gasteiger partial charge in [-0.2, -0.15) is 5.26 Å². The highest BCUT2D eigenvalue weighted by atomic mass is 16.5. The summed E-state index contributed by atoms with van der Waals surface area (Å²) in [5.74, 6) is 0.665. The van der Waals surface area contributed by atoms with Crippen LogP contribution in [0.25, 0.3) is 0 Å². The summed E-state index contributed by atoms with van der Waals surface area (Å²) in [5, 5.41) is 24.1. The molecular formula is C17H17N3O3. The van der Waals surface area contributed by atoms with E-state index in [0.717, 1.165) is 0 Å². The fourth-order valence-corrected chi connectivity index (χ4v) is 2.11. The molecule has 6 heteroatoms. The van der Waals surface area contributed by atoms with Crippen molar-refractivity contribution in [3.63, 3.8) is 0 Å². The first-order chi connectivity index (χ1) is 11.0. The van der Waals surface area contributed by atoms with E-state index in [1.165, 1.54) is 13.2 Å². The number of carbonyl (C=O) groups is 1. The second-order valence-corrected chi connectivity index (χ2v) is 4.94. The number of rotatable bonds is 4. The molecule has 118 valence electrons. The lowest BCUT2D eigenvalue weighted by Gasteiger charge is -2.17. The number of amides is 2. The quantitative estimate of drug-likeness (QED) is 0.808. The predicted octanol–water partition coefficient (Wildman–Crippen LogP) is 3.16. The maximum absolute atomic E-state index is 12.0. The number of carbonyl (C=O) groups excluding carboxylic acids is 1. The van der Waals surface area contributed by atoms with Crippen molar-refractivity contribution in [3.05, 3.63) is 53.6 Å². The van der Waals surface area contributed by atoms with Crippen LogP contribution < -0.4 is 15.4 Å². The third-order valence-corrected chi connectivity index (χ3v) is 3.30. The number of methoxy groups -OCH3 is 1. The van der Waals surface area contributed by atoms with E-state index in [9.17, 15) is 9.90 Å². The predicted molar refractivity (Wildman–Crippen MR) is 86.4 cm³/mol. The van der Waals surface area contributed by atoms with Crippen molar-refractivity contribution in [2.75, 3.05) is 12.4 Å². The molecular weight excluding hydrogens is 294 g/mol. The number of phenols is 1. The third-order valence-electron chi connectivity index (χ3n) is 3.30. The van der Waals surface area contributed by atoms with Crippen LogP contribution >= 0.6 is 0 Å². The largest absolute Gasteiger partial charge is 0.508 e. The lowest BCUT2D eigenvalue weighted by Crippen LogP contribution is -2.31. The molecule has 0 saturated heterocycles. The van der Waals surface area contributed by atoms with Gasteiger partial charge in [-0.1, -0.05) is 6.07 Å². The number of hydrogen-bond donors (Lipinski definition) is 3. The molecule has 2 aromatic rings. The molecule has 0 aliphatic carbocycles. The van der Waals surface area contributed by atoms with Gasteiger partial charge in [0.15, 0.2) is 0 Å². The zero-order valence-corrected chi connectivity index (χ0v) is 12.8. The van der Waals surface area contributed by atoms with Crippen LogP contribution in [0.15, 0.2) is 42.5 Å². The fourth-order valence-electron chi connectivity index (χ4n) is 2.11. The zero-order chi connectivity index (χ0) is 16.8. The summed E-state index contributed by atoms with van der Waals surface area (Å²) in [6.07, 6.45) is 0. The molecule has 0 bridgehead atoms. The highest BCUT2D eigenvalue weighted by Crippen LogP contribution is 2.28. The van der Waals surface area contributed by atoms with Gasteiger partial charge in [0.25, 0.3) is 0 Å². The second kappa shape index (κ2) is 7.18. The van der Waals surface area contributed by atoms with Crippen LogP contribution in [0.3, 0.4) is 0 Å². The van der Waals surface area contributed by atoms with Crippen LogP contribution in [0, 0.1) is 11.3 Å². The fraction of sp³-hybridized carbons (Fsp3) is 0.176. The second-order valence-electron chi connectivity index (χ2n) is 4.94.